The van der Waals surface area contributed by atoms with Gasteiger partial charge in [-0.1, -0.05) is 30.3 Å². The molecule has 8 nitrogen and oxygen atoms in total. The van der Waals surface area contributed by atoms with Crippen molar-refractivity contribution in [2.24, 2.45) is 4.99 Å². The minimum atomic E-state index is -1.27. The summed E-state index contributed by atoms with van der Waals surface area (Å²) in [7, 11) is 0. The molecule has 0 aliphatic carbocycles. The Balaban J connectivity index is 2.15. The van der Waals surface area contributed by atoms with E-state index in [1.807, 2.05) is 6.07 Å². The number of carboxylic acid groups (broad SMARTS) is 3. The third-order valence-corrected chi connectivity index (χ3v) is 3.74. The molecule has 8 heteroatoms. The molecular weight excluding hydrogens is 340 g/mol. The zero-order valence-electron chi connectivity index (χ0n) is 13.7. The number of allylic oxidation sites excluding steroid dienone is 2. The zero-order valence-corrected chi connectivity index (χ0v) is 13.7. The van der Waals surface area contributed by atoms with Crippen molar-refractivity contribution in [2.75, 3.05) is 0 Å². The van der Waals surface area contributed by atoms with E-state index in [-0.39, 0.29) is 18.5 Å². The van der Waals surface area contributed by atoms with Gasteiger partial charge in [0.05, 0.1) is 0 Å². The van der Waals surface area contributed by atoms with Crippen molar-refractivity contribution in [3.05, 3.63) is 59.3 Å². The molecular formula is C18H18N2O6. The van der Waals surface area contributed by atoms with Gasteiger partial charge >= 0.3 is 17.9 Å². The summed E-state index contributed by atoms with van der Waals surface area (Å²) in [4.78, 5) is 37.6. The predicted molar refractivity (Wildman–Crippen MR) is 93.0 cm³/mol. The van der Waals surface area contributed by atoms with Crippen LogP contribution in [-0.4, -0.2) is 51.5 Å². The minimum Gasteiger partial charge on any atom is -0.480 e. The van der Waals surface area contributed by atoms with E-state index in [0.29, 0.717) is 5.57 Å². The third-order valence-electron chi connectivity index (χ3n) is 3.74. The van der Waals surface area contributed by atoms with Gasteiger partial charge in [0, 0.05) is 19.1 Å². The Bertz CT molecular complexity index is 782. The van der Waals surface area contributed by atoms with Crippen LogP contribution in [0.2, 0.25) is 0 Å². The van der Waals surface area contributed by atoms with Crippen LogP contribution in [-0.2, 0) is 20.8 Å². The molecule has 1 aromatic carbocycles. The standard InChI is InChI=1S/C18H18N2O6/c21-16(22)13(8-11-4-2-1-3-5-11)19-7-6-12-9-14(17(23)24)20-15(10-12)18(25)26/h1-7,9,13,15,20H,8,10H2,(H,21,22)(H,23,24)(H,25,26)/b12-6-,19-7?/t13-,15-/m0/s1. The molecule has 0 bridgehead atoms. The van der Waals surface area contributed by atoms with Crippen LogP contribution in [0.25, 0.3) is 0 Å². The number of benzene rings is 1. The van der Waals surface area contributed by atoms with E-state index in [1.54, 1.807) is 24.3 Å². The van der Waals surface area contributed by atoms with Crippen LogP contribution in [0.5, 0.6) is 0 Å². The highest BCUT2D eigenvalue weighted by atomic mass is 16.4. The molecule has 0 amide bonds. The van der Waals surface area contributed by atoms with Crippen LogP contribution in [0, 0.1) is 0 Å². The van der Waals surface area contributed by atoms with Gasteiger partial charge in [-0.2, -0.15) is 0 Å². The number of aliphatic carboxylic acids is 3. The van der Waals surface area contributed by atoms with Gasteiger partial charge in [-0.15, -0.1) is 0 Å². The van der Waals surface area contributed by atoms with E-state index < -0.39 is 30.0 Å². The second-order valence-electron chi connectivity index (χ2n) is 5.69. The van der Waals surface area contributed by atoms with Gasteiger partial charge in [0.25, 0.3) is 0 Å². The first-order valence-electron chi connectivity index (χ1n) is 7.80. The molecule has 26 heavy (non-hydrogen) atoms. The highest BCUT2D eigenvalue weighted by molar-refractivity contribution is 5.89. The van der Waals surface area contributed by atoms with Crippen molar-refractivity contribution < 1.29 is 29.7 Å². The Hall–Kier alpha value is -3.42. The molecule has 0 unspecified atom stereocenters. The lowest BCUT2D eigenvalue weighted by atomic mass is 10.00. The number of hydrogen-bond donors (Lipinski definition) is 4. The molecule has 4 N–H and O–H groups in total. The first kappa shape index (κ1) is 18.9. The van der Waals surface area contributed by atoms with Crippen molar-refractivity contribution >= 4 is 24.1 Å². The lowest BCUT2D eigenvalue weighted by molar-refractivity contribution is -0.140. The fraction of sp³-hybridized carbons (Fsp3) is 0.222. The molecule has 0 aromatic heterocycles. The molecule has 1 aromatic rings. The summed E-state index contributed by atoms with van der Waals surface area (Å²) >= 11 is 0. The molecule has 0 radical (unpaired) electrons. The van der Waals surface area contributed by atoms with Crippen molar-refractivity contribution in [1.29, 1.82) is 0 Å². The lowest BCUT2D eigenvalue weighted by Crippen LogP contribution is -2.41. The molecule has 0 saturated heterocycles. The van der Waals surface area contributed by atoms with Crippen molar-refractivity contribution in [2.45, 2.75) is 24.9 Å². The van der Waals surface area contributed by atoms with Crippen LogP contribution in [0.15, 0.2) is 58.7 Å². The predicted octanol–water partition coefficient (Wildman–Crippen LogP) is 1.09. The van der Waals surface area contributed by atoms with Gasteiger partial charge in [-0.25, -0.2) is 14.4 Å². The highest BCUT2D eigenvalue weighted by Gasteiger charge is 2.26. The number of nitrogens with one attached hydrogen (secondary N) is 1. The summed E-state index contributed by atoms with van der Waals surface area (Å²) in [6, 6.07) is 6.99. The maximum atomic E-state index is 11.4. The molecule has 0 saturated carbocycles. The van der Waals surface area contributed by atoms with Gasteiger partial charge in [0.1, 0.15) is 11.7 Å². The van der Waals surface area contributed by atoms with Crippen LogP contribution >= 0.6 is 0 Å². The van der Waals surface area contributed by atoms with Crippen LogP contribution in [0.1, 0.15) is 12.0 Å². The number of nitrogens with zero attached hydrogens (tertiary/aromatic N) is 1. The quantitative estimate of drug-likeness (QED) is 0.536. The van der Waals surface area contributed by atoms with Gasteiger partial charge in [0.15, 0.2) is 6.04 Å². The Kier molecular flexibility index (Phi) is 6.26. The Morgan fingerprint density at radius 3 is 2.46 bits per heavy atom. The van der Waals surface area contributed by atoms with Gasteiger partial charge in [-0.3, -0.25) is 4.99 Å². The summed E-state index contributed by atoms with van der Waals surface area (Å²) in [5.41, 5.74) is 1.02. The topological polar surface area (TPSA) is 136 Å². The number of aliphatic imine (C=N–C) groups is 1. The van der Waals surface area contributed by atoms with Crippen molar-refractivity contribution in [3.63, 3.8) is 0 Å². The van der Waals surface area contributed by atoms with E-state index in [1.165, 1.54) is 18.4 Å². The van der Waals surface area contributed by atoms with Crippen LogP contribution in [0.4, 0.5) is 0 Å². The number of carbonyl (C=O) groups is 3. The highest BCUT2D eigenvalue weighted by Crippen LogP contribution is 2.16. The maximum Gasteiger partial charge on any atom is 0.351 e. The smallest absolute Gasteiger partial charge is 0.351 e. The van der Waals surface area contributed by atoms with E-state index in [4.69, 9.17) is 10.2 Å². The Morgan fingerprint density at radius 1 is 1.19 bits per heavy atom. The fourth-order valence-electron chi connectivity index (χ4n) is 2.43. The second-order valence-corrected chi connectivity index (χ2v) is 5.69. The van der Waals surface area contributed by atoms with E-state index in [9.17, 15) is 19.5 Å². The van der Waals surface area contributed by atoms with Crippen LogP contribution in [0.3, 0.4) is 0 Å². The Labute approximate surface area is 149 Å². The normalized spacial score (nSPS) is 19.6. The molecule has 2 atom stereocenters. The van der Waals surface area contributed by atoms with Gasteiger partial charge in [0.2, 0.25) is 0 Å². The molecule has 0 fully saturated rings. The molecule has 136 valence electrons. The fourth-order valence-corrected chi connectivity index (χ4v) is 2.43. The molecule has 0 spiro atoms. The minimum absolute atomic E-state index is 0.0640. The van der Waals surface area contributed by atoms with E-state index in [2.05, 4.69) is 10.3 Å². The largest absolute Gasteiger partial charge is 0.480 e. The third kappa shape index (κ3) is 5.30. The number of carboxylic acids is 3. The first-order valence-corrected chi connectivity index (χ1v) is 7.80. The number of hydrogen-bond acceptors (Lipinski definition) is 5. The van der Waals surface area contributed by atoms with Gasteiger partial charge < -0.3 is 20.6 Å². The summed E-state index contributed by atoms with van der Waals surface area (Å²) in [5, 5.41) is 29.8. The summed E-state index contributed by atoms with van der Waals surface area (Å²) in [6.45, 7) is 0. The Morgan fingerprint density at radius 2 is 1.88 bits per heavy atom. The molecule has 2 rings (SSSR count). The molecule has 1 aliphatic heterocycles. The first-order chi connectivity index (χ1) is 12.4. The van der Waals surface area contributed by atoms with Crippen molar-refractivity contribution in [1.82, 2.24) is 5.32 Å². The monoisotopic (exact) mass is 358 g/mol. The zero-order chi connectivity index (χ0) is 19.1. The summed E-state index contributed by atoms with van der Waals surface area (Å²) in [6.07, 6.45) is 4.29. The van der Waals surface area contributed by atoms with Crippen LogP contribution < -0.4 is 5.32 Å². The van der Waals surface area contributed by atoms with Crippen molar-refractivity contribution in [3.8, 4) is 0 Å². The molecule has 1 aliphatic rings. The summed E-state index contributed by atoms with van der Waals surface area (Å²) < 4.78 is 0. The maximum absolute atomic E-state index is 11.4. The number of rotatable bonds is 7. The SMILES string of the molecule is O=C(O)C1=C/C(=C/C=N[C@@H](Cc2ccccc2)C(=O)O)C[C@@H](C(=O)O)N1. The van der Waals surface area contributed by atoms with E-state index in [0.717, 1.165) is 5.56 Å². The lowest BCUT2D eigenvalue weighted by Gasteiger charge is -2.21. The second kappa shape index (κ2) is 8.61. The molecule has 1 heterocycles. The summed E-state index contributed by atoms with van der Waals surface area (Å²) in [5.74, 6) is -3.53. The van der Waals surface area contributed by atoms with Gasteiger partial charge in [-0.05, 0) is 23.3 Å². The van der Waals surface area contributed by atoms with E-state index >= 15 is 0 Å². The average molecular weight is 358 g/mol. The average Bonchev–Trinajstić information content (AvgIpc) is 2.61.